The number of fused-ring (bicyclic) bond motifs is 1. The molecule has 0 aromatic heterocycles. The highest BCUT2D eigenvalue weighted by atomic mass is 35.5. The Morgan fingerprint density at radius 2 is 1.84 bits per heavy atom. The van der Waals surface area contributed by atoms with Gasteiger partial charge < -0.3 is 24.4 Å². The van der Waals surface area contributed by atoms with Gasteiger partial charge in [-0.2, -0.15) is 0 Å². The number of benzene rings is 2. The number of halogens is 2. The standard InChI is InChI=1S/C24H26Cl2N2O4/c1-24(2,30)14-32-20-9-8-17(12-21(20)31-3)27-10-11-28-19(23(27)29)13-18(22(28)26)15-4-6-16(25)7-5-15/h4-9,12-13,18,22,30H,10-11,14H2,1-3H3. The van der Waals surface area contributed by atoms with Crippen molar-refractivity contribution >= 4 is 34.8 Å². The van der Waals surface area contributed by atoms with E-state index in [9.17, 15) is 9.90 Å². The molecule has 0 bridgehead atoms. The van der Waals surface area contributed by atoms with Crippen molar-refractivity contribution in [3.8, 4) is 11.5 Å². The molecule has 1 saturated heterocycles. The molecule has 2 unspecified atom stereocenters. The van der Waals surface area contributed by atoms with Gasteiger partial charge in [0, 0.05) is 35.8 Å². The van der Waals surface area contributed by atoms with Crippen LogP contribution in [0, 0.1) is 0 Å². The Morgan fingerprint density at radius 3 is 2.50 bits per heavy atom. The van der Waals surface area contributed by atoms with Gasteiger partial charge in [0.15, 0.2) is 11.5 Å². The van der Waals surface area contributed by atoms with Crippen molar-refractivity contribution in [1.82, 2.24) is 4.90 Å². The Labute approximate surface area is 197 Å². The fourth-order valence-electron chi connectivity index (χ4n) is 3.94. The van der Waals surface area contributed by atoms with Gasteiger partial charge in [0.25, 0.3) is 5.91 Å². The van der Waals surface area contributed by atoms with Crippen molar-refractivity contribution in [2.75, 3.05) is 31.7 Å². The van der Waals surface area contributed by atoms with Gasteiger partial charge in [0.2, 0.25) is 0 Å². The number of hydrogen-bond donors (Lipinski definition) is 1. The SMILES string of the molecule is COc1cc(N2CCN3C(=CC(c4ccc(Cl)cc4)C3Cl)C2=O)ccc1OCC(C)(C)O. The zero-order valence-electron chi connectivity index (χ0n) is 18.2. The molecule has 8 heteroatoms. The average molecular weight is 477 g/mol. The lowest BCUT2D eigenvalue weighted by Crippen LogP contribution is -2.49. The molecule has 0 spiro atoms. The maximum absolute atomic E-state index is 13.4. The number of carbonyl (C=O) groups is 1. The summed E-state index contributed by atoms with van der Waals surface area (Å²) >= 11 is 12.8. The number of aliphatic hydroxyl groups is 1. The molecule has 0 radical (unpaired) electrons. The highest BCUT2D eigenvalue weighted by Crippen LogP contribution is 2.41. The lowest BCUT2D eigenvalue weighted by Gasteiger charge is -2.37. The second-order valence-corrected chi connectivity index (χ2v) is 9.47. The van der Waals surface area contributed by atoms with Crippen LogP contribution in [-0.4, -0.2) is 53.8 Å². The summed E-state index contributed by atoms with van der Waals surface area (Å²) in [4.78, 5) is 17.0. The van der Waals surface area contributed by atoms with Crippen LogP contribution in [0.25, 0.3) is 0 Å². The minimum absolute atomic E-state index is 0.0972. The first-order valence-electron chi connectivity index (χ1n) is 10.4. The third kappa shape index (κ3) is 4.53. The Morgan fingerprint density at radius 1 is 1.12 bits per heavy atom. The van der Waals surface area contributed by atoms with Crippen LogP contribution in [0.15, 0.2) is 54.2 Å². The van der Waals surface area contributed by atoms with E-state index in [1.54, 1.807) is 38.0 Å². The predicted octanol–water partition coefficient (Wildman–Crippen LogP) is 4.39. The third-order valence-electron chi connectivity index (χ3n) is 5.56. The van der Waals surface area contributed by atoms with Crippen molar-refractivity contribution < 1.29 is 19.4 Å². The van der Waals surface area contributed by atoms with E-state index in [4.69, 9.17) is 32.7 Å². The number of amides is 1. The van der Waals surface area contributed by atoms with E-state index >= 15 is 0 Å². The second kappa shape index (κ2) is 8.85. The molecule has 6 nitrogen and oxygen atoms in total. The minimum Gasteiger partial charge on any atom is -0.493 e. The number of nitrogens with zero attached hydrogens (tertiary/aromatic N) is 2. The number of piperazine rings is 1. The van der Waals surface area contributed by atoms with Crippen molar-refractivity contribution in [1.29, 1.82) is 0 Å². The van der Waals surface area contributed by atoms with Gasteiger partial charge in [-0.3, -0.25) is 4.79 Å². The minimum atomic E-state index is -0.969. The van der Waals surface area contributed by atoms with E-state index in [1.807, 2.05) is 41.3 Å². The Balaban J connectivity index is 1.57. The van der Waals surface area contributed by atoms with E-state index < -0.39 is 5.60 Å². The van der Waals surface area contributed by atoms with Gasteiger partial charge in [-0.05, 0) is 49.8 Å². The number of ether oxygens (including phenoxy) is 2. The van der Waals surface area contributed by atoms with Crippen LogP contribution in [0.4, 0.5) is 5.69 Å². The average Bonchev–Trinajstić information content (AvgIpc) is 3.10. The van der Waals surface area contributed by atoms with E-state index in [-0.39, 0.29) is 23.9 Å². The summed E-state index contributed by atoms with van der Waals surface area (Å²) in [6.07, 6.45) is 1.94. The van der Waals surface area contributed by atoms with Crippen molar-refractivity contribution in [2.24, 2.45) is 0 Å². The fourth-order valence-corrected chi connectivity index (χ4v) is 4.49. The molecular weight excluding hydrogens is 451 g/mol. The van der Waals surface area contributed by atoms with Crippen LogP contribution in [0.5, 0.6) is 11.5 Å². The molecule has 1 N–H and O–H groups in total. The predicted molar refractivity (Wildman–Crippen MR) is 126 cm³/mol. The maximum Gasteiger partial charge on any atom is 0.274 e. The van der Waals surface area contributed by atoms with Crippen LogP contribution >= 0.6 is 23.2 Å². The lowest BCUT2D eigenvalue weighted by molar-refractivity contribution is -0.117. The van der Waals surface area contributed by atoms with Crippen molar-refractivity contribution in [3.05, 3.63) is 64.8 Å². The van der Waals surface area contributed by atoms with Crippen LogP contribution < -0.4 is 14.4 Å². The van der Waals surface area contributed by atoms with E-state index in [0.29, 0.717) is 41.0 Å². The van der Waals surface area contributed by atoms with E-state index in [1.165, 1.54) is 0 Å². The summed E-state index contributed by atoms with van der Waals surface area (Å²) in [5.74, 6) is 0.801. The molecule has 2 aliphatic heterocycles. The van der Waals surface area contributed by atoms with E-state index in [0.717, 1.165) is 5.56 Å². The highest BCUT2D eigenvalue weighted by molar-refractivity contribution is 6.30. The summed E-state index contributed by atoms with van der Waals surface area (Å²) in [5, 5.41) is 10.6. The van der Waals surface area contributed by atoms with Crippen LogP contribution in [0.3, 0.4) is 0 Å². The van der Waals surface area contributed by atoms with E-state index in [2.05, 4.69) is 0 Å². The molecule has 0 aliphatic carbocycles. The largest absolute Gasteiger partial charge is 0.493 e. The van der Waals surface area contributed by atoms with Crippen LogP contribution in [0.1, 0.15) is 25.3 Å². The van der Waals surface area contributed by atoms with Gasteiger partial charge in [-0.25, -0.2) is 0 Å². The quantitative estimate of drug-likeness (QED) is 0.494. The molecule has 0 saturated carbocycles. The number of hydrogen-bond acceptors (Lipinski definition) is 5. The topological polar surface area (TPSA) is 62.2 Å². The van der Waals surface area contributed by atoms with Gasteiger partial charge in [-0.1, -0.05) is 35.3 Å². The number of anilines is 1. The first kappa shape index (κ1) is 22.8. The summed E-state index contributed by atoms with van der Waals surface area (Å²) in [5.41, 5.74) is 1.03. The molecule has 1 amide bonds. The normalized spacial score (nSPS) is 20.8. The summed E-state index contributed by atoms with van der Waals surface area (Å²) < 4.78 is 11.2. The molecule has 4 rings (SSSR count). The zero-order valence-corrected chi connectivity index (χ0v) is 19.7. The number of methoxy groups -OCH3 is 1. The van der Waals surface area contributed by atoms with Gasteiger partial charge >= 0.3 is 0 Å². The molecule has 2 atom stereocenters. The zero-order chi connectivity index (χ0) is 23.0. The summed E-state index contributed by atoms with van der Waals surface area (Å²) in [6.45, 7) is 4.58. The lowest BCUT2D eigenvalue weighted by atomic mass is 10.00. The molecular formula is C24H26Cl2N2O4. The Kier molecular flexibility index (Phi) is 6.30. The first-order chi connectivity index (χ1) is 15.2. The molecule has 2 aromatic rings. The Bertz CT molecular complexity index is 1030. The van der Waals surface area contributed by atoms with Gasteiger partial charge in [0.05, 0.1) is 12.7 Å². The first-order valence-corrected chi connectivity index (χ1v) is 11.2. The molecule has 170 valence electrons. The smallest absolute Gasteiger partial charge is 0.274 e. The van der Waals surface area contributed by atoms with Gasteiger partial charge in [-0.15, -0.1) is 0 Å². The molecule has 2 heterocycles. The number of carbonyl (C=O) groups excluding carboxylic acids is 1. The maximum atomic E-state index is 13.4. The molecule has 2 aliphatic rings. The third-order valence-corrected chi connectivity index (χ3v) is 6.32. The highest BCUT2D eigenvalue weighted by Gasteiger charge is 2.41. The van der Waals surface area contributed by atoms with Crippen molar-refractivity contribution in [3.63, 3.8) is 0 Å². The monoisotopic (exact) mass is 476 g/mol. The summed E-state index contributed by atoms with van der Waals surface area (Å²) in [7, 11) is 1.55. The molecule has 32 heavy (non-hydrogen) atoms. The number of alkyl halides is 1. The van der Waals surface area contributed by atoms with Crippen LogP contribution in [0.2, 0.25) is 5.02 Å². The van der Waals surface area contributed by atoms with Crippen LogP contribution in [-0.2, 0) is 4.79 Å². The number of rotatable bonds is 6. The van der Waals surface area contributed by atoms with Crippen molar-refractivity contribution in [2.45, 2.75) is 30.9 Å². The molecule has 2 aromatic carbocycles. The second-order valence-electron chi connectivity index (χ2n) is 8.59. The summed E-state index contributed by atoms with van der Waals surface area (Å²) in [6, 6.07) is 12.9. The fraction of sp³-hybridized carbons (Fsp3) is 0.375. The molecule has 1 fully saturated rings. The van der Waals surface area contributed by atoms with Gasteiger partial charge in [0.1, 0.15) is 17.8 Å². The Hall–Kier alpha value is -2.41.